The van der Waals surface area contributed by atoms with Crippen molar-refractivity contribution in [3.8, 4) is 5.75 Å². The van der Waals surface area contributed by atoms with Crippen molar-refractivity contribution in [1.29, 1.82) is 0 Å². The van der Waals surface area contributed by atoms with Gasteiger partial charge in [-0.3, -0.25) is 4.79 Å². The number of aliphatic carboxylic acids is 1. The van der Waals surface area contributed by atoms with Gasteiger partial charge in [0.2, 0.25) is 0 Å². The normalized spacial score (nSPS) is 16.3. The summed E-state index contributed by atoms with van der Waals surface area (Å²) < 4.78 is 5.69. The number of carbonyl (C=O) groups is 1. The number of carboxylic acids is 1. The molecule has 4 nitrogen and oxygen atoms in total. The van der Waals surface area contributed by atoms with Crippen molar-refractivity contribution in [2.75, 3.05) is 6.61 Å². The van der Waals surface area contributed by atoms with E-state index in [1.807, 2.05) is 0 Å². The Kier molecular flexibility index (Phi) is 4.09. The van der Waals surface area contributed by atoms with Crippen LogP contribution in [-0.2, 0) is 11.2 Å². The summed E-state index contributed by atoms with van der Waals surface area (Å²) in [6.07, 6.45) is 2.60. The lowest BCUT2D eigenvalue weighted by Gasteiger charge is -2.14. The van der Waals surface area contributed by atoms with E-state index >= 15 is 0 Å². The minimum atomic E-state index is -1.02. The van der Waals surface area contributed by atoms with Crippen molar-refractivity contribution in [3.05, 3.63) is 28.8 Å². The van der Waals surface area contributed by atoms with E-state index in [9.17, 15) is 4.79 Å². The Labute approximate surface area is 111 Å². The molecule has 0 amide bonds. The van der Waals surface area contributed by atoms with Crippen molar-refractivity contribution in [2.45, 2.75) is 25.3 Å². The fourth-order valence-electron chi connectivity index (χ4n) is 1.69. The number of rotatable bonds is 6. The van der Waals surface area contributed by atoms with E-state index in [0.29, 0.717) is 23.3 Å². The average Bonchev–Trinajstić information content (AvgIpc) is 3.12. The molecule has 2 rings (SSSR count). The Morgan fingerprint density at radius 1 is 1.56 bits per heavy atom. The van der Waals surface area contributed by atoms with E-state index in [1.165, 1.54) is 12.8 Å². The van der Waals surface area contributed by atoms with Crippen molar-refractivity contribution in [2.24, 2.45) is 11.7 Å². The lowest BCUT2D eigenvalue weighted by atomic mass is 10.1. The van der Waals surface area contributed by atoms with Gasteiger partial charge in [0, 0.05) is 6.42 Å². The zero-order valence-corrected chi connectivity index (χ0v) is 10.7. The molecule has 98 valence electrons. The van der Waals surface area contributed by atoms with Crippen LogP contribution in [0.3, 0.4) is 0 Å². The Morgan fingerprint density at radius 2 is 2.28 bits per heavy atom. The number of ether oxygens (including phenoxy) is 1. The van der Waals surface area contributed by atoms with Crippen LogP contribution < -0.4 is 10.5 Å². The molecule has 5 heteroatoms. The standard InChI is InChI=1S/C13H16ClNO3/c14-10-3-1-2-9(6-11(15)13(16)17)12(10)18-7-8-4-5-8/h1-3,8,11H,4-7,15H2,(H,16,17). The SMILES string of the molecule is NC(Cc1cccc(Cl)c1OCC1CC1)C(=O)O. The van der Waals surface area contributed by atoms with Crippen LogP contribution in [0.4, 0.5) is 0 Å². The molecule has 1 aliphatic carbocycles. The van der Waals surface area contributed by atoms with Gasteiger partial charge in [-0.15, -0.1) is 0 Å². The van der Waals surface area contributed by atoms with E-state index in [4.69, 9.17) is 27.2 Å². The summed E-state index contributed by atoms with van der Waals surface area (Å²) in [5.74, 6) is 0.160. The van der Waals surface area contributed by atoms with Crippen molar-refractivity contribution in [3.63, 3.8) is 0 Å². The Hall–Kier alpha value is -1.26. The van der Waals surface area contributed by atoms with Gasteiger partial charge in [-0.1, -0.05) is 23.7 Å². The van der Waals surface area contributed by atoms with Gasteiger partial charge in [0.05, 0.1) is 11.6 Å². The molecule has 1 aromatic carbocycles. The molecule has 1 saturated carbocycles. The number of nitrogens with two attached hydrogens (primary N) is 1. The van der Waals surface area contributed by atoms with Gasteiger partial charge in [-0.25, -0.2) is 0 Å². The van der Waals surface area contributed by atoms with Crippen molar-refractivity contribution >= 4 is 17.6 Å². The highest BCUT2D eigenvalue weighted by atomic mass is 35.5. The number of hydrogen-bond acceptors (Lipinski definition) is 3. The van der Waals surface area contributed by atoms with Crippen LogP contribution >= 0.6 is 11.6 Å². The number of benzene rings is 1. The number of hydrogen-bond donors (Lipinski definition) is 2. The van der Waals surface area contributed by atoms with Crippen molar-refractivity contribution < 1.29 is 14.6 Å². The third kappa shape index (κ3) is 3.37. The summed E-state index contributed by atoms with van der Waals surface area (Å²) in [4.78, 5) is 10.8. The van der Waals surface area contributed by atoms with Gasteiger partial charge < -0.3 is 15.6 Å². The fraction of sp³-hybridized carbons (Fsp3) is 0.462. The Bertz CT molecular complexity index is 446. The third-order valence-corrected chi connectivity index (χ3v) is 3.26. The molecule has 18 heavy (non-hydrogen) atoms. The van der Waals surface area contributed by atoms with Crippen LogP contribution in [-0.4, -0.2) is 23.7 Å². The molecule has 0 spiro atoms. The van der Waals surface area contributed by atoms with Crippen LogP contribution in [0.15, 0.2) is 18.2 Å². The molecule has 1 fully saturated rings. The predicted octanol–water partition coefficient (Wildman–Crippen LogP) is 2.08. The minimum Gasteiger partial charge on any atom is -0.491 e. The van der Waals surface area contributed by atoms with Gasteiger partial charge >= 0.3 is 5.97 Å². The van der Waals surface area contributed by atoms with Crippen LogP contribution in [0.5, 0.6) is 5.75 Å². The van der Waals surface area contributed by atoms with E-state index in [-0.39, 0.29) is 6.42 Å². The second-order valence-electron chi connectivity index (χ2n) is 4.63. The molecule has 0 heterocycles. The maximum atomic E-state index is 10.8. The van der Waals surface area contributed by atoms with E-state index in [0.717, 1.165) is 5.56 Å². The van der Waals surface area contributed by atoms with Gasteiger partial charge in [0.15, 0.2) is 0 Å². The summed E-state index contributed by atoms with van der Waals surface area (Å²) in [6, 6.07) is 4.37. The van der Waals surface area contributed by atoms with Gasteiger partial charge in [-0.05, 0) is 30.4 Å². The monoisotopic (exact) mass is 269 g/mol. The number of halogens is 1. The summed E-state index contributed by atoms with van der Waals surface area (Å²) in [7, 11) is 0. The third-order valence-electron chi connectivity index (χ3n) is 2.97. The van der Waals surface area contributed by atoms with Gasteiger partial charge in [-0.2, -0.15) is 0 Å². The summed E-state index contributed by atoms with van der Waals surface area (Å²) >= 11 is 6.08. The number of carboxylic acid groups (broad SMARTS) is 1. The van der Waals surface area contributed by atoms with Gasteiger partial charge in [0.1, 0.15) is 11.8 Å². The topological polar surface area (TPSA) is 72.5 Å². The van der Waals surface area contributed by atoms with Crippen LogP contribution in [0.2, 0.25) is 5.02 Å². The van der Waals surface area contributed by atoms with Crippen LogP contribution in [0.1, 0.15) is 18.4 Å². The molecule has 3 N–H and O–H groups in total. The lowest BCUT2D eigenvalue weighted by Crippen LogP contribution is -2.32. The summed E-state index contributed by atoms with van der Waals surface area (Å²) in [5, 5.41) is 9.34. The smallest absolute Gasteiger partial charge is 0.320 e. The number of para-hydroxylation sites is 1. The quantitative estimate of drug-likeness (QED) is 0.829. The van der Waals surface area contributed by atoms with E-state index < -0.39 is 12.0 Å². The minimum absolute atomic E-state index is 0.218. The van der Waals surface area contributed by atoms with E-state index in [2.05, 4.69) is 0 Å². The molecule has 0 aromatic heterocycles. The maximum absolute atomic E-state index is 10.8. The predicted molar refractivity (Wildman–Crippen MR) is 69.0 cm³/mol. The lowest BCUT2D eigenvalue weighted by molar-refractivity contribution is -0.138. The molecule has 1 aliphatic rings. The first-order valence-corrected chi connectivity index (χ1v) is 6.34. The zero-order valence-electron chi connectivity index (χ0n) is 9.93. The highest BCUT2D eigenvalue weighted by Gasteiger charge is 2.23. The summed E-state index contributed by atoms with van der Waals surface area (Å²) in [6.45, 7) is 0.638. The fourth-order valence-corrected chi connectivity index (χ4v) is 1.93. The first kappa shape index (κ1) is 13.2. The second kappa shape index (κ2) is 5.59. The highest BCUT2D eigenvalue weighted by molar-refractivity contribution is 6.32. The first-order chi connectivity index (χ1) is 8.58. The molecule has 0 bridgehead atoms. The maximum Gasteiger partial charge on any atom is 0.320 e. The average molecular weight is 270 g/mol. The van der Waals surface area contributed by atoms with Gasteiger partial charge in [0.25, 0.3) is 0 Å². The van der Waals surface area contributed by atoms with E-state index in [1.54, 1.807) is 18.2 Å². The molecule has 1 unspecified atom stereocenters. The van der Waals surface area contributed by atoms with Crippen molar-refractivity contribution in [1.82, 2.24) is 0 Å². The van der Waals surface area contributed by atoms with Crippen LogP contribution in [0, 0.1) is 5.92 Å². The zero-order chi connectivity index (χ0) is 13.1. The summed E-state index contributed by atoms with van der Waals surface area (Å²) in [5.41, 5.74) is 6.29. The largest absolute Gasteiger partial charge is 0.491 e. The first-order valence-electron chi connectivity index (χ1n) is 5.96. The Balaban J connectivity index is 2.11. The Morgan fingerprint density at radius 3 is 2.89 bits per heavy atom. The van der Waals surface area contributed by atoms with Crippen LogP contribution in [0.25, 0.3) is 0 Å². The molecule has 0 radical (unpaired) electrons. The molecule has 0 saturated heterocycles. The highest BCUT2D eigenvalue weighted by Crippen LogP contribution is 2.34. The molecule has 0 aliphatic heterocycles. The second-order valence-corrected chi connectivity index (χ2v) is 5.04. The molecular formula is C13H16ClNO3. The molecule has 1 aromatic rings. The molecular weight excluding hydrogens is 254 g/mol. The molecule has 1 atom stereocenters.